The molecule has 0 fully saturated rings. The maximum atomic E-state index is 12.4. The van der Waals surface area contributed by atoms with Crippen LogP contribution >= 0.6 is 11.6 Å². The normalized spacial score (nSPS) is 12.7. The van der Waals surface area contributed by atoms with Crippen LogP contribution in [0.15, 0.2) is 42.5 Å². The summed E-state index contributed by atoms with van der Waals surface area (Å²) < 4.78 is 0. The van der Waals surface area contributed by atoms with Gasteiger partial charge in [-0.1, -0.05) is 23.7 Å². The van der Waals surface area contributed by atoms with E-state index in [1.165, 1.54) is 12.1 Å². The Hall–Kier alpha value is -3.46. The third-order valence-electron chi connectivity index (χ3n) is 4.35. The molecule has 9 nitrogen and oxygen atoms in total. The van der Waals surface area contributed by atoms with Crippen molar-refractivity contribution in [3.63, 3.8) is 0 Å². The van der Waals surface area contributed by atoms with Crippen LogP contribution in [-0.2, 0) is 6.54 Å². The Labute approximate surface area is 170 Å². The predicted molar refractivity (Wildman–Crippen MR) is 105 cm³/mol. The van der Waals surface area contributed by atoms with Crippen molar-refractivity contribution >= 4 is 35.1 Å². The zero-order valence-corrected chi connectivity index (χ0v) is 15.9. The summed E-state index contributed by atoms with van der Waals surface area (Å²) in [5.41, 5.74) is 0.779. The standard InChI is InChI=1S/C19H17ClN4O5/c20-13-4-1-3-12(9-13)11-22-19(27)21-7-2-8-23-17(25)15-6-5-14(24(28)29)10-16(15)18(23)26/h1,3-6,9-10H,2,7-8,11H2,(H2,21,22,27). The van der Waals surface area contributed by atoms with Crippen LogP contribution in [0.4, 0.5) is 10.5 Å². The van der Waals surface area contributed by atoms with Crippen LogP contribution in [0.1, 0.15) is 32.7 Å². The van der Waals surface area contributed by atoms with Crippen molar-refractivity contribution < 1.29 is 19.3 Å². The zero-order chi connectivity index (χ0) is 21.0. The monoisotopic (exact) mass is 416 g/mol. The number of imide groups is 1. The molecule has 0 aromatic heterocycles. The quantitative estimate of drug-likeness (QED) is 0.311. The number of urea groups is 1. The number of hydrogen-bond acceptors (Lipinski definition) is 5. The molecular formula is C19H17ClN4O5. The molecule has 1 aliphatic heterocycles. The maximum absolute atomic E-state index is 12.4. The van der Waals surface area contributed by atoms with Gasteiger partial charge in [0.15, 0.2) is 0 Å². The summed E-state index contributed by atoms with van der Waals surface area (Å²) in [5, 5.41) is 16.8. The number of hydrogen-bond donors (Lipinski definition) is 2. The second-order valence-corrected chi connectivity index (χ2v) is 6.78. The molecule has 2 aromatic carbocycles. The first-order valence-corrected chi connectivity index (χ1v) is 9.15. The fourth-order valence-electron chi connectivity index (χ4n) is 2.93. The fourth-order valence-corrected chi connectivity index (χ4v) is 3.14. The molecule has 0 spiro atoms. The highest BCUT2D eigenvalue weighted by molar-refractivity contribution is 6.30. The second-order valence-electron chi connectivity index (χ2n) is 6.34. The number of fused-ring (bicyclic) bond motifs is 1. The minimum atomic E-state index is -0.618. The van der Waals surface area contributed by atoms with Crippen LogP contribution in [0.3, 0.4) is 0 Å². The van der Waals surface area contributed by atoms with Crippen LogP contribution in [0.25, 0.3) is 0 Å². The van der Waals surface area contributed by atoms with Gasteiger partial charge in [0.25, 0.3) is 17.5 Å². The van der Waals surface area contributed by atoms with Gasteiger partial charge >= 0.3 is 6.03 Å². The topological polar surface area (TPSA) is 122 Å². The molecule has 3 rings (SSSR count). The van der Waals surface area contributed by atoms with Crippen molar-refractivity contribution in [3.05, 3.63) is 74.3 Å². The molecular weight excluding hydrogens is 400 g/mol. The number of nitro groups is 1. The molecule has 2 aromatic rings. The lowest BCUT2D eigenvalue weighted by molar-refractivity contribution is -0.384. The molecule has 10 heteroatoms. The van der Waals surface area contributed by atoms with E-state index in [0.717, 1.165) is 16.5 Å². The number of halogens is 1. The summed E-state index contributed by atoms with van der Waals surface area (Å²) in [6, 6.07) is 10.3. The molecule has 29 heavy (non-hydrogen) atoms. The molecule has 0 aliphatic carbocycles. The van der Waals surface area contributed by atoms with Crippen LogP contribution in [0, 0.1) is 10.1 Å². The number of carbonyl (C=O) groups excluding carboxylic acids is 3. The maximum Gasteiger partial charge on any atom is 0.315 e. The lowest BCUT2D eigenvalue weighted by Gasteiger charge is -2.14. The Kier molecular flexibility index (Phi) is 6.08. The van der Waals surface area contributed by atoms with Crippen LogP contribution in [-0.4, -0.2) is 40.8 Å². The second kappa shape index (κ2) is 8.70. The molecule has 0 unspecified atom stereocenters. The van der Waals surface area contributed by atoms with Crippen molar-refractivity contribution in [2.75, 3.05) is 13.1 Å². The molecule has 0 radical (unpaired) electrons. The predicted octanol–water partition coefficient (Wildman–Crippen LogP) is 2.73. The molecule has 0 atom stereocenters. The molecule has 0 saturated carbocycles. The van der Waals surface area contributed by atoms with Gasteiger partial charge in [0, 0.05) is 36.8 Å². The van der Waals surface area contributed by atoms with Crippen LogP contribution < -0.4 is 10.6 Å². The highest BCUT2D eigenvalue weighted by atomic mass is 35.5. The summed E-state index contributed by atoms with van der Waals surface area (Å²) in [4.78, 5) is 47.8. The van der Waals surface area contributed by atoms with E-state index < -0.39 is 16.7 Å². The molecule has 4 amide bonds. The summed E-state index contributed by atoms with van der Waals surface area (Å²) in [6.45, 7) is 0.646. The fraction of sp³-hybridized carbons (Fsp3) is 0.211. The van der Waals surface area contributed by atoms with Crippen molar-refractivity contribution in [1.29, 1.82) is 0 Å². The number of nitrogens with zero attached hydrogens (tertiary/aromatic N) is 2. The van der Waals surface area contributed by atoms with E-state index in [4.69, 9.17) is 11.6 Å². The highest BCUT2D eigenvalue weighted by Crippen LogP contribution is 2.26. The smallest absolute Gasteiger partial charge is 0.315 e. The zero-order valence-electron chi connectivity index (χ0n) is 15.2. The van der Waals surface area contributed by atoms with Gasteiger partial charge in [-0.3, -0.25) is 24.6 Å². The van der Waals surface area contributed by atoms with Gasteiger partial charge < -0.3 is 10.6 Å². The van der Waals surface area contributed by atoms with E-state index in [-0.39, 0.29) is 35.9 Å². The van der Waals surface area contributed by atoms with Crippen molar-refractivity contribution in [3.8, 4) is 0 Å². The first-order valence-electron chi connectivity index (χ1n) is 8.77. The first-order chi connectivity index (χ1) is 13.9. The van der Waals surface area contributed by atoms with E-state index in [1.807, 2.05) is 6.07 Å². The van der Waals surface area contributed by atoms with Gasteiger partial charge in [0.05, 0.1) is 16.1 Å². The minimum Gasteiger partial charge on any atom is -0.338 e. The van der Waals surface area contributed by atoms with Crippen molar-refractivity contribution in [2.45, 2.75) is 13.0 Å². The molecule has 1 heterocycles. The van der Waals surface area contributed by atoms with Gasteiger partial charge in [-0.25, -0.2) is 4.79 Å². The van der Waals surface area contributed by atoms with E-state index in [9.17, 15) is 24.5 Å². The number of rotatable bonds is 7. The average Bonchev–Trinajstić information content (AvgIpc) is 2.93. The molecule has 1 aliphatic rings. The van der Waals surface area contributed by atoms with E-state index in [1.54, 1.807) is 18.2 Å². The van der Waals surface area contributed by atoms with Crippen LogP contribution in [0.5, 0.6) is 0 Å². The van der Waals surface area contributed by atoms with Crippen molar-refractivity contribution in [1.82, 2.24) is 15.5 Å². The number of nitro benzene ring substituents is 1. The Morgan fingerprint density at radius 1 is 1.07 bits per heavy atom. The largest absolute Gasteiger partial charge is 0.338 e. The van der Waals surface area contributed by atoms with Crippen LogP contribution in [0.2, 0.25) is 5.02 Å². The number of nitrogens with one attached hydrogen (secondary N) is 2. The summed E-state index contributed by atoms with van der Waals surface area (Å²) >= 11 is 5.88. The van der Waals surface area contributed by atoms with Gasteiger partial charge in [-0.15, -0.1) is 0 Å². The average molecular weight is 417 g/mol. The molecule has 0 saturated heterocycles. The Morgan fingerprint density at radius 3 is 2.55 bits per heavy atom. The van der Waals surface area contributed by atoms with Gasteiger partial charge in [0.1, 0.15) is 0 Å². The van der Waals surface area contributed by atoms with Crippen molar-refractivity contribution in [2.24, 2.45) is 0 Å². The lowest BCUT2D eigenvalue weighted by Crippen LogP contribution is -2.37. The minimum absolute atomic E-state index is 0.0245. The SMILES string of the molecule is O=C(NCCCN1C(=O)c2ccc([N+](=O)[O-])cc2C1=O)NCc1cccc(Cl)c1. The Bertz CT molecular complexity index is 994. The Balaban J connectivity index is 1.46. The number of benzene rings is 2. The molecule has 2 N–H and O–H groups in total. The summed E-state index contributed by atoms with van der Waals surface area (Å²) in [5.74, 6) is -1.07. The first kappa shape index (κ1) is 20.3. The third kappa shape index (κ3) is 4.69. The van der Waals surface area contributed by atoms with E-state index >= 15 is 0 Å². The highest BCUT2D eigenvalue weighted by Gasteiger charge is 2.36. The summed E-state index contributed by atoms with van der Waals surface area (Å²) in [7, 11) is 0. The lowest BCUT2D eigenvalue weighted by atomic mass is 10.1. The molecule has 150 valence electrons. The van der Waals surface area contributed by atoms with Gasteiger partial charge in [-0.2, -0.15) is 0 Å². The van der Waals surface area contributed by atoms with Gasteiger partial charge in [0.2, 0.25) is 0 Å². The third-order valence-corrected chi connectivity index (χ3v) is 4.59. The van der Waals surface area contributed by atoms with Gasteiger partial charge in [-0.05, 0) is 30.2 Å². The summed E-state index contributed by atoms with van der Waals surface area (Å²) in [6.07, 6.45) is 0.345. The number of amides is 4. The molecule has 0 bridgehead atoms. The Morgan fingerprint density at radius 2 is 1.83 bits per heavy atom. The van der Waals surface area contributed by atoms with E-state index in [0.29, 0.717) is 18.0 Å². The number of carbonyl (C=O) groups is 3. The van der Waals surface area contributed by atoms with E-state index in [2.05, 4.69) is 10.6 Å². The number of non-ortho nitro benzene ring substituents is 1.